The van der Waals surface area contributed by atoms with Crippen molar-refractivity contribution in [2.24, 2.45) is 0 Å². The van der Waals surface area contributed by atoms with Crippen LogP contribution in [0.25, 0.3) is 0 Å². The van der Waals surface area contributed by atoms with Crippen LogP contribution < -0.4 is 0 Å². The van der Waals surface area contributed by atoms with Gasteiger partial charge in [-0.3, -0.25) is 0 Å². The molecule has 1 nitrogen and oxygen atoms in total. The molecular weight excluding hydrogens is 321 g/mol. The maximum Gasteiger partial charge on any atom is 0.0897 e. The molecule has 2 aromatic rings. The number of rotatable bonds is 5. The van der Waals surface area contributed by atoms with Crippen LogP contribution in [0, 0.1) is 6.92 Å². The molecule has 1 aromatic heterocycles. The van der Waals surface area contributed by atoms with Crippen molar-refractivity contribution in [3.63, 3.8) is 0 Å². The van der Waals surface area contributed by atoms with Crippen molar-refractivity contribution in [3.05, 3.63) is 50.9 Å². The lowest BCUT2D eigenvalue weighted by Crippen LogP contribution is -2.33. The average molecular weight is 335 g/mol. The van der Waals surface area contributed by atoms with Crippen molar-refractivity contribution >= 4 is 46.1 Å². The van der Waals surface area contributed by atoms with Gasteiger partial charge in [-0.1, -0.05) is 23.7 Å². The van der Waals surface area contributed by atoms with Crippen LogP contribution in [-0.2, 0) is 11.8 Å². The Hall–Kier alpha value is -0.280. The van der Waals surface area contributed by atoms with Gasteiger partial charge in [-0.05, 0) is 24.6 Å². The molecule has 0 aliphatic carbocycles. The quantitative estimate of drug-likeness (QED) is 0.696. The highest BCUT2D eigenvalue weighted by atomic mass is 35.5. The zero-order valence-electron chi connectivity index (χ0n) is 10.5. The summed E-state index contributed by atoms with van der Waals surface area (Å²) in [6.07, 6.45) is 0.727. The summed E-state index contributed by atoms with van der Waals surface area (Å²) in [6, 6.07) is 7.74. The van der Waals surface area contributed by atoms with Gasteiger partial charge >= 0.3 is 0 Å². The summed E-state index contributed by atoms with van der Waals surface area (Å²) >= 11 is 20.1. The fraction of sp³-hybridized carbons (Fsp3) is 0.357. The number of hydrogen-bond acceptors (Lipinski definition) is 2. The number of benzene rings is 1. The molecule has 0 bridgehead atoms. The molecule has 0 spiro atoms. The number of nitrogens with zero attached hydrogens (tertiary/aromatic N) is 1. The van der Waals surface area contributed by atoms with E-state index in [-0.39, 0.29) is 5.41 Å². The van der Waals surface area contributed by atoms with Gasteiger partial charge in [0, 0.05) is 34.0 Å². The van der Waals surface area contributed by atoms with Gasteiger partial charge < -0.3 is 0 Å². The zero-order chi connectivity index (χ0) is 13.9. The fourth-order valence-corrected chi connectivity index (χ4v) is 3.63. The third kappa shape index (κ3) is 3.43. The molecule has 0 aliphatic rings. The summed E-state index contributed by atoms with van der Waals surface area (Å²) in [6.45, 7) is 2.00. The molecule has 0 unspecified atom stereocenters. The minimum atomic E-state index is -0.325. The minimum Gasteiger partial charge on any atom is -0.247 e. The van der Waals surface area contributed by atoms with E-state index in [1.54, 1.807) is 11.3 Å². The Kier molecular flexibility index (Phi) is 5.13. The first-order chi connectivity index (χ1) is 9.09. The van der Waals surface area contributed by atoms with Crippen molar-refractivity contribution in [2.75, 3.05) is 11.8 Å². The Bertz CT molecular complexity index is 549. The molecule has 0 fully saturated rings. The molecule has 5 heteroatoms. The first-order valence-electron chi connectivity index (χ1n) is 5.88. The van der Waals surface area contributed by atoms with Crippen LogP contribution >= 0.6 is 46.1 Å². The summed E-state index contributed by atoms with van der Waals surface area (Å²) in [5.41, 5.74) is 1.77. The second-order valence-electron chi connectivity index (χ2n) is 4.59. The summed E-state index contributed by atoms with van der Waals surface area (Å²) in [5.74, 6) is 0.876. The molecule has 102 valence electrons. The molecular formula is C14H14Cl3NS. The number of hydrogen-bond donors (Lipinski definition) is 0. The van der Waals surface area contributed by atoms with Gasteiger partial charge in [-0.2, -0.15) is 0 Å². The maximum absolute atomic E-state index is 6.22. The highest BCUT2D eigenvalue weighted by molar-refractivity contribution is 7.09. The van der Waals surface area contributed by atoms with E-state index in [0.29, 0.717) is 16.8 Å². The molecule has 0 aliphatic heterocycles. The van der Waals surface area contributed by atoms with Gasteiger partial charge in [0.15, 0.2) is 0 Å². The molecule has 0 saturated heterocycles. The molecule has 0 saturated carbocycles. The van der Waals surface area contributed by atoms with E-state index in [2.05, 4.69) is 10.4 Å². The average Bonchev–Trinajstić information content (AvgIpc) is 2.81. The highest BCUT2D eigenvalue weighted by Crippen LogP contribution is 2.33. The number of aromatic nitrogens is 1. The molecule has 0 radical (unpaired) electrons. The first kappa shape index (κ1) is 15.1. The predicted molar refractivity (Wildman–Crippen MR) is 85.1 cm³/mol. The topological polar surface area (TPSA) is 12.9 Å². The molecule has 0 N–H and O–H groups in total. The first-order valence-corrected chi connectivity index (χ1v) is 8.21. The van der Waals surface area contributed by atoms with Crippen LogP contribution in [0.5, 0.6) is 0 Å². The maximum atomic E-state index is 6.22. The Balaban J connectivity index is 2.37. The molecule has 19 heavy (non-hydrogen) atoms. The predicted octanol–water partition coefficient (Wildman–Crippen LogP) is 5.06. The number of halogens is 3. The molecule has 0 atom stereocenters. The van der Waals surface area contributed by atoms with Crippen molar-refractivity contribution < 1.29 is 0 Å². The van der Waals surface area contributed by atoms with E-state index in [0.717, 1.165) is 22.7 Å². The summed E-state index contributed by atoms with van der Waals surface area (Å²) in [7, 11) is 0. The van der Waals surface area contributed by atoms with Gasteiger partial charge in [0.1, 0.15) is 0 Å². The Morgan fingerprint density at radius 2 is 2.00 bits per heavy atom. The van der Waals surface area contributed by atoms with Gasteiger partial charge in [-0.15, -0.1) is 34.5 Å². The standard InChI is InChI=1S/C14H14Cl3NS/c1-10-18-13(7-19-10)6-14(8-15,9-16)11-3-2-4-12(17)5-11/h2-5,7H,6,8-9H2,1H3. The molecule has 1 heterocycles. The van der Waals surface area contributed by atoms with E-state index in [4.69, 9.17) is 34.8 Å². The normalized spacial score (nSPS) is 11.8. The van der Waals surface area contributed by atoms with Crippen LogP contribution in [0.1, 0.15) is 16.3 Å². The monoisotopic (exact) mass is 333 g/mol. The third-order valence-electron chi connectivity index (χ3n) is 3.13. The molecule has 0 amide bonds. The Morgan fingerprint density at radius 1 is 1.26 bits per heavy atom. The van der Waals surface area contributed by atoms with E-state index < -0.39 is 0 Å². The van der Waals surface area contributed by atoms with Crippen LogP contribution in [0.15, 0.2) is 29.6 Å². The number of aryl methyl sites for hydroxylation is 1. The van der Waals surface area contributed by atoms with Crippen molar-refractivity contribution in [3.8, 4) is 0 Å². The third-order valence-corrected chi connectivity index (χ3v) is 5.22. The van der Waals surface area contributed by atoms with Crippen LogP contribution in [0.4, 0.5) is 0 Å². The van der Waals surface area contributed by atoms with Gasteiger partial charge in [0.05, 0.1) is 10.7 Å². The van der Waals surface area contributed by atoms with E-state index in [9.17, 15) is 0 Å². The molecule has 2 rings (SSSR count). The Labute approximate surface area is 132 Å². The van der Waals surface area contributed by atoms with E-state index >= 15 is 0 Å². The summed E-state index contributed by atoms with van der Waals surface area (Å²) in [5, 5.41) is 3.82. The van der Waals surface area contributed by atoms with Crippen molar-refractivity contribution in [2.45, 2.75) is 18.8 Å². The smallest absolute Gasteiger partial charge is 0.0897 e. The van der Waals surface area contributed by atoms with Crippen LogP contribution in [-0.4, -0.2) is 16.7 Å². The number of alkyl halides is 2. The molecule has 1 aromatic carbocycles. The van der Waals surface area contributed by atoms with Crippen molar-refractivity contribution in [1.29, 1.82) is 0 Å². The van der Waals surface area contributed by atoms with Gasteiger partial charge in [0.2, 0.25) is 0 Å². The SMILES string of the molecule is Cc1nc(CC(CCl)(CCl)c2cccc(Cl)c2)cs1. The lowest BCUT2D eigenvalue weighted by atomic mass is 9.80. The van der Waals surface area contributed by atoms with Crippen LogP contribution in [0.2, 0.25) is 5.02 Å². The van der Waals surface area contributed by atoms with Crippen LogP contribution in [0.3, 0.4) is 0 Å². The lowest BCUT2D eigenvalue weighted by Gasteiger charge is -2.29. The fourth-order valence-electron chi connectivity index (χ4n) is 2.04. The highest BCUT2D eigenvalue weighted by Gasteiger charge is 2.32. The largest absolute Gasteiger partial charge is 0.247 e. The van der Waals surface area contributed by atoms with E-state index in [1.165, 1.54) is 0 Å². The lowest BCUT2D eigenvalue weighted by molar-refractivity contribution is 0.530. The zero-order valence-corrected chi connectivity index (χ0v) is 13.6. The van der Waals surface area contributed by atoms with Crippen molar-refractivity contribution in [1.82, 2.24) is 4.98 Å². The van der Waals surface area contributed by atoms with Gasteiger partial charge in [-0.25, -0.2) is 4.98 Å². The van der Waals surface area contributed by atoms with E-state index in [1.807, 2.05) is 31.2 Å². The summed E-state index contributed by atoms with van der Waals surface area (Å²) < 4.78 is 0. The second kappa shape index (κ2) is 6.45. The second-order valence-corrected chi connectivity index (χ2v) is 6.63. The minimum absolute atomic E-state index is 0.325. The summed E-state index contributed by atoms with van der Waals surface area (Å²) in [4.78, 5) is 4.51. The van der Waals surface area contributed by atoms with Gasteiger partial charge in [0.25, 0.3) is 0 Å². The Morgan fingerprint density at radius 3 is 2.53 bits per heavy atom. The number of thiazole rings is 1.